The third-order valence-electron chi connectivity index (χ3n) is 5.99. The number of primary amides is 1. The molecule has 0 aromatic rings. The summed E-state index contributed by atoms with van der Waals surface area (Å²) in [4.78, 5) is 32.9. The van der Waals surface area contributed by atoms with Gasteiger partial charge in [0.1, 0.15) is 5.57 Å². The quantitative estimate of drug-likeness (QED) is 0.500. The molecule has 0 saturated carbocycles. The molecule has 0 saturated heterocycles. The Balaban J connectivity index is 2.68. The Morgan fingerprint density at radius 3 is 2.66 bits per heavy atom. The monoisotopic (exact) mass is 518 g/mol. The lowest BCUT2D eigenvalue weighted by Gasteiger charge is -2.24. The van der Waals surface area contributed by atoms with Gasteiger partial charge in [0, 0.05) is 42.5 Å². The Kier molecular flexibility index (Phi) is 11.4. The molecule has 2 aliphatic rings. The lowest BCUT2D eigenvalue weighted by Crippen LogP contribution is -2.26. The second kappa shape index (κ2) is 14.4. The van der Waals surface area contributed by atoms with E-state index >= 15 is 0 Å². The SMILES string of the molecule is C=C1N=C(C)CC(C(N)=O)C=C(CC2C=CC/C=C(/C#N)C=CC2OC)C(=C)C(OCC)=NC=C1C(=O)O. The summed E-state index contributed by atoms with van der Waals surface area (Å²) in [5, 5.41) is 19.0. The molecule has 1 aliphatic heterocycles. The maximum absolute atomic E-state index is 12.5. The summed E-state index contributed by atoms with van der Waals surface area (Å²) >= 11 is 0. The molecule has 3 N–H and O–H groups in total. The first-order chi connectivity index (χ1) is 18.1. The Morgan fingerprint density at radius 1 is 1.32 bits per heavy atom. The number of carboxylic acids is 1. The van der Waals surface area contributed by atoms with E-state index in [9.17, 15) is 20.0 Å². The number of allylic oxidation sites excluding steroid dienone is 4. The van der Waals surface area contributed by atoms with Gasteiger partial charge in [0.05, 0.1) is 30.4 Å². The highest BCUT2D eigenvalue weighted by molar-refractivity contribution is 6.00. The number of carboxylic acid groups (broad SMARTS) is 1. The average Bonchev–Trinajstić information content (AvgIpc) is 2.96. The second-order valence-electron chi connectivity index (χ2n) is 8.75. The van der Waals surface area contributed by atoms with Crippen molar-refractivity contribution in [3.8, 4) is 6.07 Å². The van der Waals surface area contributed by atoms with Crippen molar-refractivity contribution in [3.05, 3.63) is 83.8 Å². The molecule has 3 atom stereocenters. The van der Waals surface area contributed by atoms with Crippen molar-refractivity contribution >= 4 is 23.5 Å². The van der Waals surface area contributed by atoms with E-state index in [4.69, 9.17) is 15.2 Å². The fourth-order valence-corrected chi connectivity index (χ4v) is 4.03. The molecule has 1 amide bonds. The maximum Gasteiger partial charge on any atom is 0.339 e. The minimum Gasteiger partial charge on any atom is -0.478 e. The fourth-order valence-electron chi connectivity index (χ4n) is 4.03. The number of nitriles is 1. The topological polar surface area (TPSA) is 147 Å². The van der Waals surface area contributed by atoms with Gasteiger partial charge >= 0.3 is 5.97 Å². The normalized spacial score (nSPS) is 24.4. The zero-order valence-electron chi connectivity index (χ0n) is 22.0. The van der Waals surface area contributed by atoms with Crippen LogP contribution in [0.3, 0.4) is 0 Å². The lowest BCUT2D eigenvalue weighted by molar-refractivity contribution is -0.132. The fraction of sp³-hybridized carbons (Fsp3) is 0.345. The molecule has 1 heterocycles. The van der Waals surface area contributed by atoms with Crippen LogP contribution in [0.5, 0.6) is 0 Å². The zero-order chi connectivity index (χ0) is 28.2. The van der Waals surface area contributed by atoms with Gasteiger partial charge < -0.3 is 20.3 Å². The molecule has 2 rings (SSSR count). The predicted molar refractivity (Wildman–Crippen MR) is 147 cm³/mol. The van der Waals surface area contributed by atoms with E-state index in [-0.39, 0.29) is 42.2 Å². The van der Waals surface area contributed by atoms with Crippen LogP contribution in [-0.2, 0) is 19.1 Å². The first kappa shape index (κ1) is 29.9. The van der Waals surface area contributed by atoms with E-state index in [0.717, 1.165) is 6.20 Å². The van der Waals surface area contributed by atoms with Crippen LogP contribution in [-0.4, -0.2) is 48.4 Å². The van der Waals surface area contributed by atoms with Crippen molar-refractivity contribution in [2.75, 3.05) is 13.7 Å². The molecule has 38 heavy (non-hydrogen) atoms. The maximum atomic E-state index is 12.5. The van der Waals surface area contributed by atoms with Crippen molar-refractivity contribution in [1.82, 2.24) is 0 Å². The molecule has 200 valence electrons. The van der Waals surface area contributed by atoms with Crippen LogP contribution in [0.25, 0.3) is 0 Å². The minimum absolute atomic E-state index is 0.0102. The molecule has 0 radical (unpaired) electrons. The van der Waals surface area contributed by atoms with Gasteiger partial charge in [-0.05, 0) is 38.3 Å². The number of methoxy groups -OCH3 is 1. The zero-order valence-corrected chi connectivity index (χ0v) is 22.0. The van der Waals surface area contributed by atoms with E-state index in [1.54, 1.807) is 33.1 Å². The summed E-state index contributed by atoms with van der Waals surface area (Å²) in [5.74, 6) is -2.70. The highest BCUT2D eigenvalue weighted by atomic mass is 16.5. The highest BCUT2D eigenvalue weighted by Gasteiger charge is 2.25. The third kappa shape index (κ3) is 8.39. The van der Waals surface area contributed by atoms with Gasteiger partial charge in [0.2, 0.25) is 11.8 Å². The standard InChI is InChI=1S/C29H34N4O5/c1-6-38-28-19(3)23(14-22-10-8-7-9-21(16-30)11-12-26(22)37-5)15-24(27(31)34)13-18(2)33-20(4)25(17-32-28)29(35)36/h8-12,15,17,22,24,26H,3-4,6-7,13-14H2,1-2,5H3,(H2,31,34)(H,35,36)/b10-8?,12-11?,21-9+,23-15?,25-17?,32-28?,33-18?. The van der Waals surface area contributed by atoms with Crippen molar-refractivity contribution in [2.45, 2.75) is 39.2 Å². The summed E-state index contributed by atoms with van der Waals surface area (Å²) in [6, 6.07) is 2.15. The van der Waals surface area contributed by atoms with Crippen LogP contribution in [0.4, 0.5) is 0 Å². The number of hydrogen-bond donors (Lipinski definition) is 2. The van der Waals surface area contributed by atoms with Crippen LogP contribution in [0.2, 0.25) is 0 Å². The number of aliphatic imine (C=N–C) groups is 2. The molecular formula is C29H34N4O5. The molecule has 0 spiro atoms. The Morgan fingerprint density at radius 2 is 2.05 bits per heavy atom. The molecule has 9 nitrogen and oxygen atoms in total. The van der Waals surface area contributed by atoms with Gasteiger partial charge in [0.25, 0.3) is 0 Å². The number of aliphatic carboxylic acids is 1. The van der Waals surface area contributed by atoms with Gasteiger partial charge in [0.15, 0.2) is 0 Å². The number of carbonyl (C=O) groups is 2. The van der Waals surface area contributed by atoms with Gasteiger partial charge in [-0.3, -0.25) is 9.79 Å². The summed E-state index contributed by atoms with van der Waals surface area (Å²) < 4.78 is 11.5. The van der Waals surface area contributed by atoms with E-state index in [1.807, 2.05) is 24.3 Å². The number of amides is 1. The van der Waals surface area contributed by atoms with Crippen molar-refractivity contribution in [2.24, 2.45) is 27.6 Å². The first-order valence-electron chi connectivity index (χ1n) is 12.2. The molecule has 0 aromatic heterocycles. The number of nitrogens with zero attached hydrogens (tertiary/aromatic N) is 3. The molecule has 3 unspecified atom stereocenters. The first-order valence-corrected chi connectivity index (χ1v) is 12.2. The number of hydrogen-bond acceptors (Lipinski definition) is 7. The summed E-state index contributed by atoms with van der Waals surface area (Å²) in [6.45, 7) is 11.6. The van der Waals surface area contributed by atoms with E-state index in [0.29, 0.717) is 35.3 Å². The lowest BCUT2D eigenvalue weighted by atomic mass is 9.86. The van der Waals surface area contributed by atoms with E-state index in [2.05, 4.69) is 29.2 Å². The Hall–Kier alpha value is -4.29. The van der Waals surface area contributed by atoms with Crippen molar-refractivity contribution in [3.63, 3.8) is 0 Å². The molecular weight excluding hydrogens is 484 g/mol. The van der Waals surface area contributed by atoms with Gasteiger partial charge in [-0.25, -0.2) is 9.79 Å². The third-order valence-corrected chi connectivity index (χ3v) is 5.99. The van der Waals surface area contributed by atoms with E-state index < -0.39 is 17.8 Å². The highest BCUT2D eigenvalue weighted by Crippen LogP contribution is 2.29. The van der Waals surface area contributed by atoms with Crippen LogP contribution in [0.1, 0.15) is 33.1 Å². The van der Waals surface area contributed by atoms with Gasteiger partial charge in [-0.2, -0.15) is 5.26 Å². The Labute approximate surface area is 223 Å². The van der Waals surface area contributed by atoms with Gasteiger partial charge in [-0.15, -0.1) is 0 Å². The molecule has 1 aliphatic carbocycles. The summed E-state index contributed by atoms with van der Waals surface area (Å²) in [6.07, 6.45) is 12.9. The van der Waals surface area contributed by atoms with Crippen molar-refractivity contribution in [1.29, 1.82) is 5.26 Å². The smallest absolute Gasteiger partial charge is 0.339 e. The molecule has 0 aromatic carbocycles. The number of ether oxygens (including phenoxy) is 2. The molecule has 9 heteroatoms. The summed E-state index contributed by atoms with van der Waals surface area (Å²) in [5.41, 5.74) is 7.56. The van der Waals surface area contributed by atoms with Crippen LogP contribution in [0.15, 0.2) is 93.8 Å². The summed E-state index contributed by atoms with van der Waals surface area (Å²) in [7, 11) is 1.58. The largest absolute Gasteiger partial charge is 0.478 e. The average molecular weight is 519 g/mol. The van der Waals surface area contributed by atoms with Crippen LogP contribution < -0.4 is 5.73 Å². The van der Waals surface area contributed by atoms with Gasteiger partial charge in [-0.1, -0.05) is 43.5 Å². The second-order valence-corrected chi connectivity index (χ2v) is 8.75. The van der Waals surface area contributed by atoms with Crippen LogP contribution >= 0.6 is 0 Å². The molecule has 0 fully saturated rings. The number of carbonyl (C=O) groups excluding carboxylic acids is 1. The number of rotatable bonds is 6. The van der Waals surface area contributed by atoms with Crippen LogP contribution in [0, 0.1) is 23.2 Å². The molecule has 0 bridgehead atoms. The predicted octanol–water partition coefficient (Wildman–Crippen LogP) is 4.34. The number of nitrogens with two attached hydrogens (primary N) is 1. The Bertz CT molecular complexity index is 1220. The van der Waals surface area contributed by atoms with E-state index in [1.165, 1.54) is 0 Å². The minimum atomic E-state index is -1.26. The van der Waals surface area contributed by atoms with Crippen molar-refractivity contribution < 1.29 is 24.2 Å².